The highest BCUT2D eigenvalue weighted by Gasteiger charge is 2.52. The monoisotopic (exact) mass is 278 g/mol. The quantitative estimate of drug-likeness (QED) is 0.573. The van der Waals surface area contributed by atoms with Crippen LogP contribution < -0.4 is 0 Å². The number of carbonyl (C=O) groups is 1. The molecule has 0 amide bonds. The maximum Gasteiger partial charge on any atom is 0.308 e. The molecule has 3 aliphatic rings. The second kappa shape index (κ2) is 5.51. The fourth-order valence-corrected chi connectivity index (χ4v) is 4.69. The summed E-state index contributed by atoms with van der Waals surface area (Å²) in [5.41, 5.74) is -0.346. The maximum absolute atomic E-state index is 11.8. The van der Waals surface area contributed by atoms with E-state index < -0.39 is 0 Å². The van der Waals surface area contributed by atoms with Crippen molar-refractivity contribution in [2.75, 3.05) is 7.11 Å². The fourth-order valence-electron chi connectivity index (χ4n) is 4.69. The lowest BCUT2D eigenvalue weighted by Gasteiger charge is -2.54. The lowest BCUT2D eigenvalue weighted by Crippen LogP contribution is -2.56. The van der Waals surface area contributed by atoms with E-state index in [0.29, 0.717) is 30.3 Å². The third-order valence-corrected chi connectivity index (χ3v) is 5.64. The van der Waals surface area contributed by atoms with E-state index in [1.807, 2.05) is 0 Å². The van der Waals surface area contributed by atoms with Crippen molar-refractivity contribution in [1.82, 2.24) is 0 Å². The van der Waals surface area contributed by atoms with Gasteiger partial charge >= 0.3 is 5.97 Å². The second-order valence-corrected chi connectivity index (χ2v) is 6.86. The second-order valence-electron chi connectivity index (χ2n) is 6.86. The SMILES string of the molecule is COC(=O)C[C@]1(C)O[C@H]2CCCC[C@H]2[C@H]2C=CCC[C@H]21. The van der Waals surface area contributed by atoms with E-state index in [9.17, 15) is 4.79 Å². The molecule has 1 saturated carbocycles. The summed E-state index contributed by atoms with van der Waals surface area (Å²) in [6, 6.07) is 0. The summed E-state index contributed by atoms with van der Waals surface area (Å²) in [7, 11) is 1.47. The van der Waals surface area contributed by atoms with Crippen molar-refractivity contribution in [3.05, 3.63) is 12.2 Å². The molecule has 0 radical (unpaired) electrons. The van der Waals surface area contributed by atoms with Crippen molar-refractivity contribution in [3.63, 3.8) is 0 Å². The van der Waals surface area contributed by atoms with Gasteiger partial charge in [-0.05, 0) is 50.4 Å². The Hall–Kier alpha value is -0.830. The molecule has 1 heterocycles. The molecule has 112 valence electrons. The molecule has 0 aromatic heterocycles. The molecule has 0 N–H and O–H groups in total. The number of esters is 1. The van der Waals surface area contributed by atoms with Gasteiger partial charge in [0.25, 0.3) is 0 Å². The summed E-state index contributed by atoms with van der Waals surface area (Å²) >= 11 is 0. The number of rotatable bonds is 2. The molecule has 20 heavy (non-hydrogen) atoms. The number of hydrogen-bond donors (Lipinski definition) is 0. The van der Waals surface area contributed by atoms with Crippen LogP contribution in [0.2, 0.25) is 0 Å². The molecule has 3 rings (SSSR count). The molecule has 1 aliphatic heterocycles. The zero-order valence-corrected chi connectivity index (χ0v) is 12.6. The summed E-state index contributed by atoms with van der Waals surface area (Å²) in [6.07, 6.45) is 12.7. The van der Waals surface area contributed by atoms with Gasteiger partial charge in [0.15, 0.2) is 0 Å². The van der Waals surface area contributed by atoms with Crippen LogP contribution in [0.5, 0.6) is 0 Å². The van der Waals surface area contributed by atoms with Crippen molar-refractivity contribution >= 4 is 5.97 Å². The number of allylic oxidation sites excluding steroid dienone is 2. The van der Waals surface area contributed by atoms with E-state index in [1.165, 1.54) is 26.4 Å². The topological polar surface area (TPSA) is 35.5 Å². The predicted molar refractivity (Wildman–Crippen MR) is 77.2 cm³/mol. The van der Waals surface area contributed by atoms with Gasteiger partial charge in [0.05, 0.1) is 25.2 Å². The van der Waals surface area contributed by atoms with Crippen LogP contribution in [0.1, 0.15) is 51.9 Å². The smallest absolute Gasteiger partial charge is 0.308 e. The number of carbonyl (C=O) groups excluding carboxylic acids is 1. The molecule has 0 aromatic rings. The Morgan fingerprint density at radius 1 is 1.35 bits per heavy atom. The van der Waals surface area contributed by atoms with Crippen molar-refractivity contribution in [2.45, 2.75) is 63.6 Å². The third kappa shape index (κ3) is 2.41. The molecular weight excluding hydrogens is 252 g/mol. The number of hydrogen-bond acceptors (Lipinski definition) is 3. The largest absolute Gasteiger partial charge is 0.469 e. The number of methoxy groups -OCH3 is 1. The average molecular weight is 278 g/mol. The molecule has 0 aromatic carbocycles. The van der Waals surface area contributed by atoms with Crippen LogP contribution in [-0.2, 0) is 14.3 Å². The molecule has 5 atom stereocenters. The zero-order chi connectivity index (χ0) is 14.2. The van der Waals surface area contributed by atoms with Crippen molar-refractivity contribution in [2.24, 2.45) is 17.8 Å². The normalized spacial score (nSPS) is 43.5. The van der Waals surface area contributed by atoms with Gasteiger partial charge in [-0.2, -0.15) is 0 Å². The Bertz CT molecular complexity index is 403. The van der Waals surface area contributed by atoms with Gasteiger partial charge in [-0.15, -0.1) is 0 Å². The third-order valence-electron chi connectivity index (χ3n) is 5.64. The zero-order valence-electron chi connectivity index (χ0n) is 12.6. The molecule has 2 aliphatic carbocycles. The first-order chi connectivity index (χ1) is 9.64. The van der Waals surface area contributed by atoms with E-state index in [0.717, 1.165) is 19.3 Å². The first kappa shape index (κ1) is 14.1. The summed E-state index contributed by atoms with van der Waals surface area (Å²) in [5, 5.41) is 0. The maximum atomic E-state index is 11.8. The molecule has 2 fully saturated rings. The van der Waals surface area contributed by atoms with Crippen molar-refractivity contribution in [3.8, 4) is 0 Å². The molecule has 0 spiro atoms. The van der Waals surface area contributed by atoms with Gasteiger partial charge in [-0.1, -0.05) is 25.0 Å². The highest BCUT2D eigenvalue weighted by atomic mass is 16.5. The van der Waals surface area contributed by atoms with Crippen LogP contribution in [0.25, 0.3) is 0 Å². The number of ether oxygens (including phenoxy) is 2. The first-order valence-electron chi connectivity index (χ1n) is 8.05. The van der Waals surface area contributed by atoms with E-state index in [1.54, 1.807) is 0 Å². The highest BCUT2D eigenvalue weighted by Crippen LogP contribution is 2.51. The van der Waals surface area contributed by atoms with Gasteiger partial charge in [-0.3, -0.25) is 4.79 Å². The molecule has 3 heteroatoms. The first-order valence-corrected chi connectivity index (χ1v) is 8.05. The Morgan fingerprint density at radius 3 is 2.95 bits per heavy atom. The van der Waals surface area contributed by atoms with Crippen molar-refractivity contribution in [1.29, 1.82) is 0 Å². The standard InChI is InChI=1S/C17H26O3/c1-17(11-16(18)19-2)14-9-5-3-7-12(14)13-8-4-6-10-15(13)20-17/h3,7,12-15H,4-6,8-11H2,1-2H3/t12-,13+,14-,15+,17+/m1/s1. The Balaban J connectivity index is 1.87. The van der Waals surface area contributed by atoms with Crippen LogP contribution in [-0.4, -0.2) is 24.8 Å². The molecule has 0 bridgehead atoms. The van der Waals surface area contributed by atoms with Crippen LogP contribution in [0.15, 0.2) is 12.2 Å². The van der Waals surface area contributed by atoms with Crippen LogP contribution in [0.3, 0.4) is 0 Å². The minimum atomic E-state index is -0.346. The number of fused-ring (bicyclic) bond motifs is 3. The Morgan fingerprint density at radius 2 is 2.15 bits per heavy atom. The fraction of sp³-hybridized carbons (Fsp3) is 0.824. The Labute approximate surface area is 121 Å². The van der Waals surface area contributed by atoms with Crippen molar-refractivity contribution < 1.29 is 14.3 Å². The minimum Gasteiger partial charge on any atom is -0.469 e. The highest BCUT2D eigenvalue weighted by molar-refractivity contribution is 5.70. The van der Waals surface area contributed by atoms with Gasteiger partial charge < -0.3 is 9.47 Å². The van der Waals surface area contributed by atoms with Crippen LogP contribution in [0, 0.1) is 17.8 Å². The molecular formula is C17H26O3. The minimum absolute atomic E-state index is 0.143. The summed E-state index contributed by atoms with van der Waals surface area (Å²) in [4.78, 5) is 11.8. The average Bonchev–Trinajstić information content (AvgIpc) is 2.47. The van der Waals surface area contributed by atoms with E-state index in [2.05, 4.69) is 19.1 Å². The summed E-state index contributed by atoms with van der Waals surface area (Å²) in [6.45, 7) is 2.13. The van der Waals surface area contributed by atoms with E-state index in [4.69, 9.17) is 9.47 Å². The lowest BCUT2D eigenvalue weighted by molar-refractivity contribution is -0.213. The predicted octanol–water partition coefficient (Wildman–Crippen LogP) is 3.48. The van der Waals surface area contributed by atoms with Crippen LogP contribution >= 0.6 is 0 Å². The molecule has 0 unspecified atom stereocenters. The Kier molecular flexibility index (Phi) is 3.89. The summed E-state index contributed by atoms with van der Waals surface area (Å²) in [5.74, 6) is 1.58. The van der Waals surface area contributed by atoms with E-state index in [-0.39, 0.29) is 11.6 Å². The van der Waals surface area contributed by atoms with Gasteiger partial charge in [0, 0.05) is 0 Å². The van der Waals surface area contributed by atoms with E-state index >= 15 is 0 Å². The molecule has 3 nitrogen and oxygen atoms in total. The van der Waals surface area contributed by atoms with Gasteiger partial charge in [0.1, 0.15) is 0 Å². The lowest BCUT2D eigenvalue weighted by atomic mass is 9.61. The van der Waals surface area contributed by atoms with Gasteiger partial charge in [-0.25, -0.2) is 0 Å². The van der Waals surface area contributed by atoms with Gasteiger partial charge in [0.2, 0.25) is 0 Å². The molecule has 1 saturated heterocycles. The summed E-state index contributed by atoms with van der Waals surface area (Å²) < 4.78 is 11.4. The van der Waals surface area contributed by atoms with Crippen LogP contribution in [0.4, 0.5) is 0 Å².